The van der Waals surface area contributed by atoms with E-state index in [1.54, 1.807) is 19.1 Å². The number of aromatic nitrogens is 5. The summed E-state index contributed by atoms with van der Waals surface area (Å²) >= 11 is 0. The quantitative estimate of drug-likeness (QED) is 0.179. The van der Waals surface area contributed by atoms with Gasteiger partial charge in [-0.05, 0) is 55.8 Å². The molecule has 11 heteroatoms. The van der Waals surface area contributed by atoms with Crippen LogP contribution in [-0.4, -0.2) is 46.0 Å². The Morgan fingerprint density at radius 3 is 2.65 bits per heavy atom. The van der Waals surface area contributed by atoms with Gasteiger partial charge in [0.1, 0.15) is 12.4 Å². The van der Waals surface area contributed by atoms with E-state index in [-0.39, 0.29) is 18.5 Å². The summed E-state index contributed by atoms with van der Waals surface area (Å²) in [6.45, 7) is 9.41. The number of hydrogen-bond donors (Lipinski definition) is 2. The third kappa shape index (κ3) is 5.88. The molecule has 2 N–H and O–H groups in total. The molecule has 0 unspecified atom stereocenters. The number of hydrogen-bond acceptors (Lipinski definition) is 7. The number of imidazole rings is 1. The lowest BCUT2D eigenvalue weighted by molar-refractivity contribution is 0.0775. The Balaban J connectivity index is 1.43. The Morgan fingerprint density at radius 1 is 1.15 bits per heavy atom. The number of nitrogens with zero attached hydrogens (tertiary/aromatic N) is 5. The maximum atomic E-state index is 13.3. The van der Waals surface area contributed by atoms with E-state index in [0.717, 1.165) is 39.5 Å². The molecule has 40 heavy (non-hydrogen) atoms. The molecule has 3 heterocycles. The average molecular weight is 553 g/mol. The summed E-state index contributed by atoms with van der Waals surface area (Å²) in [7, 11) is -0.410. The van der Waals surface area contributed by atoms with Crippen LogP contribution >= 0.6 is 0 Å². The van der Waals surface area contributed by atoms with Crippen molar-refractivity contribution in [2.75, 3.05) is 6.61 Å². The molecule has 0 aliphatic carbocycles. The van der Waals surface area contributed by atoms with Crippen LogP contribution in [0.5, 0.6) is 0 Å². The number of fused-ring (bicyclic) bond motifs is 1. The minimum Gasteiger partial charge on any atom is -0.361 e. The van der Waals surface area contributed by atoms with E-state index in [0.29, 0.717) is 36.1 Å². The number of aromatic amines is 1. The van der Waals surface area contributed by atoms with Crippen molar-refractivity contribution >= 4 is 25.6 Å². The molecule has 0 bridgehead atoms. The number of carbonyl (C=O) groups is 1. The van der Waals surface area contributed by atoms with Gasteiger partial charge in [0.25, 0.3) is 11.8 Å². The van der Waals surface area contributed by atoms with Crippen LogP contribution < -0.4 is 5.32 Å². The van der Waals surface area contributed by atoms with Crippen molar-refractivity contribution in [3.63, 3.8) is 0 Å². The second kappa shape index (κ2) is 11.7. The maximum absolute atomic E-state index is 13.3. The fourth-order valence-electron chi connectivity index (χ4n) is 4.33. The lowest BCUT2D eigenvalue weighted by Gasteiger charge is -2.12. The average Bonchev–Trinajstić information content (AvgIpc) is 3.66. The normalized spacial score (nSPS) is 11.3. The molecule has 10 nitrogen and oxygen atoms in total. The summed E-state index contributed by atoms with van der Waals surface area (Å²) in [5, 5.41) is 16.8. The number of carbonyl (C=O) groups excluding carboxylic acids is 1. The second-order valence-electron chi connectivity index (χ2n) is 9.92. The SMILES string of the molecule is Cc1noc(-c2cc3cc(-c4nc(C(=O)NCc5ccc(C#N)cc5)n(COCC[Si](C)C)c4C)ccc3[nH]2)n1. The van der Waals surface area contributed by atoms with E-state index in [1.807, 2.05) is 47.9 Å². The molecular formula is C29H30N7O3Si. The zero-order valence-electron chi connectivity index (χ0n) is 22.9. The van der Waals surface area contributed by atoms with Crippen LogP contribution in [-0.2, 0) is 18.0 Å². The number of aryl methyl sites for hydroxylation is 1. The highest BCUT2D eigenvalue weighted by molar-refractivity contribution is 6.55. The molecule has 3 aromatic heterocycles. The van der Waals surface area contributed by atoms with E-state index in [9.17, 15) is 4.79 Å². The summed E-state index contributed by atoms with van der Waals surface area (Å²) in [5.74, 6) is 0.987. The van der Waals surface area contributed by atoms with Crippen LogP contribution in [0.15, 0.2) is 53.1 Å². The van der Waals surface area contributed by atoms with Crippen LogP contribution in [0.4, 0.5) is 0 Å². The number of H-pyrrole nitrogens is 1. The van der Waals surface area contributed by atoms with Gasteiger partial charge >= 0.3 is 0 Å². The molecule has 203 valence electrons. The molecule has 0 aliphatic heterocycles. The van der Waals surface area contributed by atoms with E-state index in [2.05, 4.69) is 39.6 Å². The van der Waals surface area contributed by atoms with Gasteiger partial charge in [-0.1, -0.05) is 36.4 Å². The standard InChI is InChI=1S/C29H30N7O3Si/c1-18-26(22-9-10-24-23(13-22)14-25(33-24)29-32-19(2)35-39-29)34-27(36(18)17-38-11-12-40(3)4)28(37)31-16-21-7-5-20(15-30)6-8-21/h5-10,13-14,33H,11-12,16-17H2,1-4H3,(H,31,37). The molecule has 1 radical (unpaired) electrons. The van der Waals surface area contributed by atoms with Gasteiger partial charge in [0.15, 0.2) is 5.82 Å². The minimum atomic E-state index is -0.410. The first-order valence-electron chi connectivity index (χ1n) is 13.0. The lowest BCUT2D eigenvalue weighted by atomic mass is 10.1. The second-order valence-corrected chi connectivity index (χ2v) is 12.8. The van der Waals surface area contributed by atoms with Gasteiger partial charge in [0, 0.05) is 44.1 Å². The monoisotopic (exact) mass is 552 g/mol. The van der Waals surface area contributed by atoms with Crippen molar-refractivity contribution < 1.29 is 14.1 Å². The fraction of sp³-hybridized carbons (Fsp3) is 0.276. The van der Waals surface area contributed by atoms with Crippen molar-refractivity contribution in [1.82, 2.24) is 30.0 Å². The Labute approximate surface area is 233 Å². The first-order chi connectivity index (χ1) is 19.3. The van der Waals surface area contributed by atoms with Gasteiger partial charge < -0.3 is 19.6 Å². The van der Waals surface area contributed by atoms with Crippen LogP contribution in [0.25, 0.3) is 33.7 Å². The smallest absolute Gasteiger partial charge is 0.287 e. The topological polar surface area (TPSA) is 135 Å². The molecule has 0 aliphatic rings. The molecule has 0 saturated carbocycles. The number of rotatable bonds is 10. The first kappa shape index (κ1) is 27.0. The van der Waals surface area contributed by atoms with Crippen molar-refractivity contribution in [3.8, 4) is 28.9 Å². The van der Waals surface area contributed by atoms with Crippen molar-refractivity contribution in [2.45, 2.75) is 46.3 Å². The van der Waals surface area contributed by atoms with Gasteiger partial charge in [-0.15, -0.1) is 0 Å². The van der Waals surface area contributed by atoms with Gasteiger partial charge in [0.05, 0.1) is 17.3 Å². The number of nitriles is 1. The summed E-state index contributed by atoms with van der Waals surface area (Å²) in [6, 6.07) is 18.2. The maximum Gasteiger partial charge on any atom is 0.287 e. The van der Waals surface area contributed by atoms with Crippen molar-refractivity contribution in [1.29, 1.82) is 5.26 Å². The van der Waals surface area contributed by atoms with Crippen LogP contribution in [0.3, 0.4) is 0 Å². The van der Waals surface area contributed by atoms with Crippen molar-refractivity contribution in [3.05, 3.63) is 77.0 Å². The molecule has 0 spiro atoms. The number of amides is 1. The molecular weight excluding hydrogens is 522 g/mol. The summed E-state index contributed by atoms with van der Waals surface area (Å²) < 4.78 is 13.1. The molecule has 1 amide bonds. The molecule has 0 saturated heterocycles. The van der Waals surface area contributed by atoms with E-state index >= 15 is 0 Å². The Hall–Kier alpha value is -4.53. The highest BCUT2D eigenvalue weighted by atomic mass is 28.3. The number of benzene rings is 2. The van der Waals surface area contributed by atoms with Gasteiger partial charge in [-0.2, -0.15) is 10.2 Å². The van der Waals surface area contributed by atoms with Crippen LogP contribution in [0.2, 0.25) is 19.1 Å². The third-order valence-electron chi connectivity index (χ3n) is 6.58. The van der Waals surface area contributed by atoms with Crippen molar-refractivity contribution in [2.24, 2.45) is 0 Å². The molecule has 0 fully saturated rings. The molecule has 2 aromatic carbocycles. The van der Waals surface area contributed by atoms with Gasteiger partial charge in [0.2, 0.25) is 5.82 Å². The summed E-state index contributed by atoms with van der Waals surface area (Å²) in [5.41, 5.74) is 5.55. The Kier molecular flexibility index (Phi) is 7.90. The fourth-order valence-corrected chi connectivity index (χ4v) is 4.88. The summed E-state index contributed by atoms with van der Waals surface area (Å²) in [6.07, 6.45) is 0. The molecule has 5 aromatic rings. The van der Waals surface area contributed by atoms with E-state index < -0.39 is 8.80 Å². The van der Waals surface area contributed by atoms with Gasteiger partial charge in [-0.3, -0.25) is 9.36 Å². The van der Waals surface area contributed by atoms with E-state index in [4.69, 9.17) is 19.5 Å². The largest absolute Gasteiger partial charge is 0.361 e. The highest BCUT2D eigenvalue weighted by Gasteiger charge is 2.22. The third-order valence-corrected chi connectivity index (χ3v) is 7.78. The first-order valence-corrected chi connectivity index (χ1v) is 15.7. The minimum absolute atomic E-state index is 0.237. The predicted molar refractivity (Wildman–Crippen MR) is 153 cm³/mol. The predicted octanol–water partition coefficient (Wildman–Crippen LogP) is 5.23. The molecule has 5 rings (SSSR count). The van der Waals surface area contributed by atoms with Crippen LogP contribution in [0.1, 0.15) is 33.3 Å². The zero-order chi connectivity index (χ0) is 28.2. The number of ether oxygens (including phenoxy) is 1. The van der Waals surface area contributed by atoms with E-state index in [1.165, 1.54) is 0 Å². The van der Waals surface area contributed by atoms with Gasteiger partial charge in [-0.25, -0.2) is 4.98 Å². The van der Waals surface area contributed by atoms with Crippen LogP contribution in [0, 0.1) is 25.2 Å². The zero-order valence-corrected chi connectivity index (χ0v) is 23.9. The Morgan fingerprint density at radius 2 is 1.95 bits per heavy atom. The molecule has 0 atom stereocenters. The highest BCUT2D eigenvalue weighted by Crippen LogP contribution is 2.30. The Bertz CT molecular complexity index is 1690. The summed E-state index contributed by atoms with van der Waals surface area (Å²) in [4.78, 5) is 25.8. The lowest BCUT2D eigenvalue weighted by Crippen LogP contribution is -2.27. The number of nitrogens with one attached hydrogen (secondary N) is 2.